The molecule has 1 amide bonds. The zero-order valence-electron chi connectivity index (χ0n) is 13.6. The number of carbonyl (C=O) groups excluding carboxylic acids is 1. The average Bonchev–Trinajstić information content (AvgIpc) is 3.41. The van der Waals surface area contributed by atoms with Gasteiger partial charge in [-0.25, -0.2) is 4.98 Å². The smallest absolute Gasteiger partial charge is 0.272 e. The number of thiazole rings is 1. The van der Waals surface area contributed by atoms with Gasteiger partial charge in [-0.3, -0.25) is 9.48 Å². The first-order chi connectivity index (χ1) is 12.3. The van der Waals surface area contributed by atoms with Crippen molar-refractivity contribution in [2.45, 2.75) is 25.4 Å². The van der Waals surface area contributed by atoms with E-state index in [2.05, 4.69) is 20.7 Å². The number of aromatic nitrogens is 3. The van der Waals surface area contributed by atoms with E-state index in [9.17, 15) is 4.79 Å². The largest absolute Gasteiger partial charge is 0.462 e. The Hall–Kier alpha value is -2.45. The van der Waals surface area contributed by atoms with E-state index in [1.54, 1.807) is 12.3 Å². The molecular formula is C17H19N5O2S. The minimum Gasteiger partial charge on any atom is -0.462 e. The van der Waals surface area contributed by atoms with E-state index in [0.29, 0.717) is 18.3 Å². The molecule has 8 heteroatoms. The van der Waals surface area contributed by atoms with Gasteiger partial charge in [0.25, 0.3) is 5.91 Å². The molecule has 1 atom stereocenters. The highest BCUT2D eigenvalue weighted by Gasteiger charge is 2.18. The Balaban J connectivity index is 1.35. The standard InChI is InChI=1S/C17H19N5O2S/c23-16(14-5-7-22(21-14)13-3-1-6-18-10-13)19-9-12-11-25-17(20-12)15-4-2-8-24-15/h2,4-5,7-8,11,13,18H,1,3,6,9-10H2,(H,19,23). The first kappa shape index (κ1) is 16.0. The molecule has 1 aliphatic rings. The molecule has 0 bridgehead atoms. The van der Waals surface area contributed by atoms with E-state index in [4.69, 9.17) is 4.42 Å². The van der Waals surface area contributed by atoms with Gasteiger partial charge in [-0.05, 0) is 37.6 Å². The van der Waals surface area contributed by atoms with E-state index >= 15 is 0 Å². The Bertz CT molecular complexity index is 833. The van der Waals surface area contributed by atoms with Gasteiger partial charge >= 0.3 is 0 Å². The van der Waals surface area contributed by atoms with Crippen LogP contribution >= 0.6 is 11.3 Å². The summed E-state index contributed by atoms with van der Waals surface area (Å²) in [5.41, 5.74) is 1.24. The van der Waals surface area contributed by atoms with E-state index in [1.807, 2.05) is 28.4 Å². The molecular weight excluding hydrogens is 338 g/mol. The SMILES string of the molecule is O=C(NCc1csc(-c2ccco2)n1)c1ccn(C2CCCNC2)n1. The van der Waals surface area contributed by atoms with Crippen molar-refractivity contribution in [3.8, 4) is 10.8 Å². The maximum Gasteiger partial charge on any atom is 0.272 e. The highest BCUT2D eigenvalue weighted by molar-refractivity contribution is 7.13. The van der Waals surface area contributed by atoms with Crippen LogP contribution in [0.4, 0.5) is 0 Å². The summed E-state index contributed by atoms with van der Waals surface area (Å²) >= 11 is 1.49. The number of carbonyl (C=O) groups is 1. The number of piperidine rings is 1. The predicted molar refractivity (Wildman–Crippen MR) is 94.4 cm³/mol. The van der Waals surface area contributed by atoms with E-state index < -0.39 is 0 Å². The third kappa shape index (κ3) is 3.64. The van der Waals surface area contributed by atoms with Crippen LogP contribution in [0.3, 0.4) is 0 Å². The fraction of sp³-hybridized carbons (Fsp3) is 0.353. The van der Waals surface area contributed by atoms with Gasteiger partial charge in [0.1, 0.15) is 5.69 Å². The first-order valence-electron chi connectivity index (χ1n) is 8.32. The van der Waals surface area contributed by atoms with Gasteiger partial charge in [0.15, 0.2) is 10.8 Å². The van der Waals surface area contributed by atoms with Crippen LogP contribution < -0.4 is 10.6 Å². The van der Waals surface area contributed by atoms with E-state index in [1.165, 1.54) is 11.3 Å². The summed E-state index contributed by atoms with van der Waals surface area (Å²) in [5.74, 6) is 0.553. The summed E-state index contributed by atoms with van der Waals surface area (Å²) in [6, 6.07) is 5.79. The van der Waals surface area contributed by atoms with Gasteiger partial charge < -0.3 is 15.1 Å². The molecule has 1 fully saturated rings. The maximum atomic E-state index is 12.3. The maximum absolute atomic E-state index is 12.3. The molecule has 1 saturated heterocycles. The van der Waals surface area contributed by atoms with Crippen molar-refractivity contribution in [2.24, 2.45) is 0 Å². The average molecular weight is 357 g/mol. The molecule has 7 nitrogen and oxygen atoms in total. The summed E-state index contributed by atoms with van der Waals surface area (Å²) in [7, 11) is 0. The number of hydrogen-bond acceptors (Lipinski definition) is 6. The summed E-state index contributed by atoms with van der Waals surface area (Å²) in [5, 5.41) is 13.4. The predicted octanol–water partition coefficient (Wildman–Crippen LogP) is 2.45. The molecule has 25 heavy (non-hydrogen) atoms. The van der Waals surface area contributed by atoms with Crippen LogP contribution in [0.25, 0.3) is 10.8 Å². The molecule has 4 rings (SSSR count). The normalized spacial score (nSPS) is 17.5. The second-order valence-corrected chi connectivity index (χ2v) is 6.84. The van der Waals surface area contributed by atoms with Crippen molar-refractivity contribution >= 4 is 17.2 Å². The van der Waals surface area contributed by atoms with Crippen LogP contribution in [-0.2, 0) is 6.54 Å². The third-order valence-corrected chi connectivity index (χ3v) is 5.11. The minimum atomic E-state index is -0.185. The zero-order valence-corrected chi connectivity index (χ0v) is 14.5. The second-order valence-electron chi connectivity index (χ2n) is 5.99. The van der Waals surface area contributed by atoms with Crippen LogP contribution in [0.2, 0.25) is 0 Å². The summed E-state index contributed by atoms with van der Waals surface area (Å²) in [4.78, 5) is 16.8. The van der Waals surface area contributed by atoms with Gasteiger partial charge in [-0.1, -0.05) is 0 Å². The Morgan fingerprint density at radius 1 is 1.48 bits per heavy atom. The van der Waals surface area contributed by atoms with Crippen molar-refractivity contribution in [1.82, 2.24) is 25.4 Å². The van der Waals surface area contributed by atoms with Crippen LogP contribution in [-0.4, -0.2) is 33.8 Å². The van der Waals surface area contributed by atoms with Gasteiger partial charge in [0.2, 0.25) is 0 Å². The molecule has 3 aromatic heterocycles. The minimum absolute atomic E-state index is 0.185. The molecule has 0 spiro atoms. The van der Waals surface area contributed by atoms with Gasteiger partial charge in [0, 0.05) is 18.1 Å². The summed E-state index contributed by atoms with van der Waals surface area (Å²) in [6.45, 7) is 2.32. The Labute approximate surface area is 149 Å². The fourth-order valence-corrected chi connectivity index (χ4v) is 3.67. The van der Waals surface area contributed by atoms with Crippen LogP contribution in [0.1, 0.15) is 35.1 Å². The van der Waals surface area contributed by atoms with Crippen LogP contribution in [0.15, 0.2) is 40.5 Å². The lowest BCUT2D eigenvalue weighted by atomic mass is 10.1. The highest BCUT2D eigenvalue weighted by Crippen LogP contribution is 2.23. The third-order valence-electron chi connectivity index (χ3n) is 4.20. The van der Waals surface area contributed by atoms with Crippen molar-refractivity contribution in [1.29, 1.82) is 0 Å². The second kappa shape index (κ2) is 7.20. The van der Waals surface area contributed by atoms with Crippen molar-refractivity contribution in [2.75, 3.05) is 13.1 Å². The van der Waals surface area contributed by atoms with Gasteiger partial charge in [0.05, 0.1) is 24.5 Å². The molecule has 1 unspecified atom stereocenters. The van der Waals surface area contributed by atoms with Crippen molar-refractivity contribution in [3.63, 3.8) is 0 Å². The lowest BCUT2D eigenvalue weighted by Crippen LogP contribution is -2.32. The molecule has 0 aliphatic carbocycles. The number of hydrogen-bond donors (Lipinski definition) is 2. The van der Waals surface area contributed by atoms with Gasteiger partial charge in [-0.2, -0.15) is 5.10 Å². The number of amides is 1. The van der Waals surface area contributed by atoms with Gasteiger partial charge in [-0.15, -0.1) is 11.3 Å². The van der Waals surface area contributed by atoms with Crippen LogP contribution in [0, 0.1) is 0 Å². The molecule has 2 N–H and O–H groups in total. The molecule has 1 aliphatic heterocycles. The van der Waals surface area contributed by atoms with Crippen molar-refractivity contribution < 1.29 is 9.21 Å². The first-order valence-corrected chi connectivity index (χ1v) is 9.20. The van der Waals surface area contributed by atoms with Crippen molar-refractivity contribution in [3.05, 3.63) is 47.4 Å². The monoisotopic (exact) mass is 357 g/mol. The molecule has 3 aromatic rings. The molecule has 0 saturated carbocycles. The quantitative estimate of drug-likeness (QED) is 0.733. The molecule has 4 heterocycles. The Morgan fingerprint density at radius 3 is 3.24 bits per heavy atom. The highest BCUT2D eigenvalue weighted by atomic mass is 32.1. The van der Waals surface area contributed by atoms with Crippen LogP contribution in [0.5, 0.6) is 0 Å². The lowest BCUT2D eigenvalue weighted by molar-refractivity contribution is 0.0944. The lowest BCUT2D eigenvalue weighted by Gasteiger charge is -2.22. The Kier molecular flexibility index (Phi) is 4.62. The van der Waals surface area contributed by atoms with E-state index in [-0.39, 0.29) is 5.91 Å². The molecule has 130 valence electrons. The zero-order chi connectivity index (χ0) is 17.1. The summed E-state index contributed by atoms with van der Waals surface area (Å²) < 4.78 is 7.22. The number of rotatable bonds is 5. The Morgan fingerprint density at radius 2 is 2.44 bits per heavy atom. The summed E-state index contributed by atoms with van der Waals surface area (Å²) in [6.07, 6.45) is 5.72. The molecule has 0 radical (unpaired) electrons. The number of nitrogens with one attached hydrogen (secondary N) is 2. The fourth-order valence-electron chi connectivity index (χ4n) is 2.88. The number of furan rings is 1. The number of nitrogens with zero attached hydrogens (tertiary/aromatic N) is 3. The topological polar surface area (TPSA) is 85.0 Å². The molecule has 0 aromatic carbocycles. The van der Waals surface area contributed by atoms with E-state index in [0.717, 1.165) is 42.4 Å².